The summed E-state index contributed by atoms with van der Waals surface area (Å²) in [5.41, 5.74) is 0.900. The SMILES string of the molecule is CC(CC(O)c1ccccc1)NC(=O)CC(C)C1CCNCC1.Cl. The second-order valence-electron chi connectivity index (χ2n) is 6.90. The number of hydrogen-bond acceptors (Lipinski definition) is 3. The Hall–Kier alpha value is -1.10. The first-order valence-electron chi connectivity index (χ1n) is 8.79. The molecule has 5 heteroatoms. The van der Waals surface area contributed by atoms with E-state index >= 15 is 0 Å². The van der Waals surface area contributed by atoms with Crippen molar-refractivity contribution in [2.75, 3.05) is 13.1 Å². The molecule has 1 saturated heterocycles. The maximum absolute atomic E-state index is 12.2. The molecule has 0 aliphatic carbocycles. The van der Waals surface area contributed by atoms with Gasteiger partial charge in [0.1, 0.15) is 0 Å². The molecule has 3 unspecified atom stereocenters. The first kappa shape index (κ1) is 20.9. The van der Waals surface area contributed by atoms with Crippen molar-refractivity contribution >= 4 is 18.3 Å². The molecule has 1 aliphatic heterocycles. The van der Waals surface area contributed by atoms with Crippen molar-refractivity contribution in [3.05, 3.63) is 35.9 Å². The van der Waals surface area contributed by atoms with Crippen LogP contribution in [0.2, 0.25) is 0 Å². The van der Waals surface area contributed by atoms with E-state index in [2.05, 4.69) is 17.6 Å². The van der Waals surface area contributed by atoms with Crippen molar-refractivity contribution in [2.45, 2.75) is 51.7 Å². The summed E-state index contributed by atoms with van der Waals surface area (Å²) >= 11 is 0. The molecular formula is C19H31ClN2O2. The number of halogens is 1. The van der Waals surface area contributed by atoms with Gasteiger partial charge >= 0.3 is 0 Å². The third-order valence-electron chi connectivity index (χ3n) is 4.86. The molecule has 4 nitrogen and oxygen atoms in total. The highest BCUT2D eigenvalue weighted by Gasteiger charge is 2.23. The average molecular weight is 355 g/mol. The average Bonchev–Trinajstić information content (AvgIpc) is 2.56. The normalized spacial score (nSPS) is 19.0. The lowest BCUT2D eigenvalue weighted by Crippen LogP contribution is -2.37. The van der Waals surface area contributed by atoms with Crippen LogP contribution in [0, 0.1) is 11.8 Å². The summed E-state index contributed by atoms with van der Waals surface area (Å²) in [7, 11) is 0. The van der Waals surface area contributed by atoms with Gasteiger partial charge in [-0.15, -0.1) is 12.4 Å². The van der Waals surface area contributed by atoms with Gasteiger partial charge in [-0.1, -0.05) is 37.3 Å². The molecule has 136 valence electrons. The molecule has 1 aliphatic rings. The largest absolute Gasteiger partial charge is 0.388 e. The van der Waals surface area contributed by atoms with Crippen LogP contribution >= 0.6 is 12.4 Å². The number of hydrogen-bond donors (Lipinski definition) is 3. The van der Waals surface area contributed by atoms with Crippen LogP contribution in [0.5, 0.6) is 0 Å². The summed E-state index contributed by atoms with van der Waals surface area (Å²) in [4.78, 5) is 12.2. The number of carbonyl (C=O) groups is 1. The monoisotopic (exact) mass is 354 g/mol. The molecule has 0 bridgehead atoms. The molecule has 3 N–H and O–H groups in total. The van der Waals surface area contributed by atoms with Gasteiger partial charge in [-0.2, -0.15) is 0 Å². The molecule has 1 amide bonds. The molecule has 24 heavy (non-hydrogen) atoms. The minimum Gasteiger partial charge on any atom is -0.388 e. The van der Waals surface area contributed by atoms with E-state index < -0.39 is 6.10 Å². The van der Waals surface area contributed by atoms with Gasteiger partial charge in [-0.25, -0.2) is 0 Å². The highest BCUT2D eigenvalue weighted by Crippen LogP contribution is 2.24. The fourth-order valence-electron chi connectivity index (χ4n) is 3.41. The van der Waals surface area contributed by atoms with Crippen LogP contribution in [0.25, 0.3) is 0 Å². The van der Waals surface area contributed by atoms with Gasteiger partial charge in [0, 0.05) is 12.5 Å². The Labute approximate surface area is 151 Å². The van der Waals surface area contributed by atoms with Gasteiger partial charge in [0.25, 0.3) is 0 Å². The molecule has 2 rings (SSSR count). The molecule has 3 atom stereocenters. The first-order chi connectivity index (χ1) is 11.1. The van der Waals surface area contributed by atoms with Gasteiger partial charge in [-0.05, 0) is 56.7 Å². The van der Waals surface area contributed by atoms with Crippen molar-refractivity contribution in [1.82, 2.24) is 10.6 Å². The molecule has 1 heterocycles. The Bertz CT molecular complexity index is 478. The van der Waals surface area contributed by atoms with Crippen LogP contribution in [0.4, 0.5) is 0 Å². The first-order valence-corrected chi connectivity index (χ1v) is 8.79. The smallest absolute Gasteiger partial charge is 0.220 e. The molecule has 1 aromatic carbocycles. The van der Waals surface area contributed by atoms with Crippen molar-refractivity contribution in [2.24, 2.45) is 11.8 Å². The van der Waals surface area contributed by atoms with Crippen LogP contribution in [-0.2, 0) is 4.79 Å². The maximum Gasteiger partial charge on any atom is 0.220 e. The van der Waals surface area contributed by atoms with Crippen molar-refractivity contribution in [1.29, 1.82) is 0 Å². The standard InChI is InChI=1S/C19H30N2O2.ClH/c1-14(16-8-10-20-11-9-16)12-19(23)21-15(2)13-18(22)17-6-4-3-5-7-17;/h3-7,14-16,18,20,22H,8-13H2,1-2H3,(H,21,23);1H. The van der Waals surface area contributed by atoms with Crippen molar-refractivity contribution in [3.8, 4) is 0 Å². The minimum atomic E-state index is -0.534. The summed E-state index contributed by atoms with van der Waals surface area (Å²) in [5, 5.41) is 16.6. The third kappa shape index (κ3) is 6.80. The zero-order chi connectivity index (χ0) is 16.7. The van der Waals surface area contributed by atoms with Gasteiger partial charge in [0.15, 0.2) is 0 Å². The zero-order valence-corrected chi connectivity index (χ0v) is 15.5. The third-order valence-corrected chi connectivity index (χ3v) is 4.86. The van der Waals surface area contributed by atoms with E-state index in [4.69, 9.17) is 0 Å². The Morgan fingerprint density at radius 1 is 1.25 bits per heavy atom. The Kier molecular flexibility index (Phi) is 9.34. The molecule has 0 saturated carbocycles. The number of nitrogens with one attached hydrogen (secondary N) is 2. The second kappa shape index (κ2) is 10.7. The summed E-state index contributed by atoms with van der Waals surface area (Å²) in [6, 6.07) is 9.57. The Balaban J connectivity index is 0.00000288. The minimum absolute atomic E-state index is 0. The van der Waals surface area contributed by atoms with Crippen molar-refractivity contribution < 1.29 is 9.90 Å². The molecule has 0 radical (unpaired) electrons. The van der Waals surface area contributed by atoms with E-state index in [-0.39, 0.29) is 24.4 Å². The van der Waals surface area contributed by atoms with E-state index in [9.17, 15) is 9.90 Å². The molecule has 0 spiro atoms. The second-order valence-corrected chi connectivity index (χ2v) is 6.90. The number of aliphatic hydroxyl groups excluding tert-OH is 1. The highest BCUT2D eigenvalue weighted by atomic mass is 35.5. The molecule has 0 aromatic heterocycles. The Morgan fingerprint density at radius 3 is 2.50 bits per heavy atom. The highest BCUT2D eigenvalue weighted by molar-refractivity contribution is 5.85. The topological polar surface area (TPSA) is 61.4 Å². The van der Waals surface area contributed by atoms with Crippen LogP contribution < -0.4 is 10.6 Å². The van der Waals surface area contributed by atoms with E-state index in [0.29, 0.717) is 24.7 Å². The number of piperidine rings is 1. The number of carbonyl (C=O) groups excluding carboxylic acids is 1. The zero-order valence-electron chi connectivity index (χ0n) is 14.7. The predicted octanol–water partition coefficient (Wildman–Crippen LogP) is 3.06. The molecule has 1 fully saturated rings. The Morgan fingerprint density at radius 2 is 1.88 bits per heavy atom. The lowest BCUT2D eigenvalue weighted by Gasteiger charge is -2.28. The predicted molar refractivity (Wildman–Crippen MR) is 100 cm³/mol. The fraction of sp³-hybridized carbons (Fsp3) is 0.632. The van der Waals surface area contributed by atoms with Crippen LogP contribution in [0.1, 0.15) is 51.2 Å². The number of rotatable bonds is 7. The van der Waals surface area contributed by atoms with E-state index in [0.717, 1.165) is 31.5 Å². The van der Waals surface area contributed by atoms with Crippen LogP contribution in [0.15, 0.2) is 30.3 Å². The molecular weight excluding hydrogens is 324 g/mol. The quantitative estimate of drug-likeness (QED) is 0.705. The molecule has 1 aromatic rings. The number of amides is 1. The fourth-order valence-corrected chi connectivity index (χ4v) is 3.41. The van der Waals surface area contributed by atoms with Gasteiger partial charge < -0.3 is 15.7 Å². The number of aliphatic hydroxyl groups is 1. The van der Waals surface area contributed by atoms with Gasteiger partial charge in [-0.3, -0.25) is 4.79 Å². The van der Waals surface area contributed by atoms with Crippen LogP contribution in [-0.4, -0.2) is 30.1 Å². The van der Waals surface area contributed by atoms with Crippen molar-refractivity contribution in [3.63, 3.8) is 0 Å². The van der Waals surface area contributed by atoms with Crippen LogP contribution in [0.3, 0.4) is 0 Å². The lowest BCUT2D eigenvalue weighted by molar-refractivity contribution is -0.123. The van der Waals surface area contributed by atoms with E-state index in [1.807, 2.05) is 37.3 Å². The summed E-state index contributed by atoms with van der Waals surface area (Å²) in [6.07, 6.45) is 2.91. The summed E-state index contributed by atoms with van der Waals surface area (Å²) < 4.78 is 0. The summed E-state index contributed by atoms with van der Waals surface area (Å²) in [5.74, 6) is 1.17. The van der Waals surface area contributed by atoms with Gasteiger partial charge in [0.05, 0.1) is 6.10 Å². The van der Waals surface area contributed by atoms with E-state index in [1.54, 1.807) is 0 Å². The maximum atomic E-state index is 12.2. The lowest BCUT2D eigenvalue weighted by atomic mass is 9.84. The number of benzene rings is 1. The van der Waals surface area contributed by atoms with E-state index in [1.165, 1.54) is 0 Å². The van der Waals surface area contributed by atoms with Gasteiger partial charge in [0.2, 0.25) is 5.91 Å². The summed E-state index contributed by atoms with van der Waals surface area (Å²) in [6.45, 7) is 6.27.